The minimum absolute atomic E-state index is 0.796. The summed E-state index contributed by atoms with van der Waals surface area (Å²) in [5, 5.41) is 0.985. The molecule has 0 N–H and O–H groups in total. The molecule has 1 amide bonds. The molecule has 3 nitrogen and oxygen atoms in total. The van der Waals surface area contributed by atoms with Gasteiger partial charge in [0.2, 0.25) is 6.41 Å². The van der Waals surface area contributed by atoms with Crippen LogP contribution in [0.4, 0.5) is 5.69 Å². The predicted molar refractivity (Wildman–Crippen MR) is 87.2 cm³/mol. The Morgan fingerprint density at radius 3 is 2.65 bits per heavy atom. The summed E-state index contributed by atoms with van der Waals surface area (Å²) in [6, 6.07) is 13.9. The number of carbonyl (C=O) groups excluding carboxylic acids is 1. The zero-order valence-electron chi connectivity index (χ0n) is 10.7. The van der Waals surface area contributed by atoms with Gasteiger partial charge in [-0.25, -0.2) is 4.98 Å². The van der Waals surface area contributed by atoms with Crippen LogP contribution >= 0.6 is 27.3 Å². The van der Waals surface area contributed by atoms with E-state index in [1.165, 1.54) is 0 Å². The number of nitrogens with zero attached hydrogens (tertiary/aromatic N) is 2. The molecule has 0 saturated carbocycles. The Hall–Kier alpha value is -1.72. The van der Waals surface area contributed by atoms with Gasteiger partial charge in [-0.2, -0.15) is 0 Å². The lowest BCUT2D eigenvalue weighted by Gasteiger charge is -2.10. The van der Waals surface area contributed by atoms with E-state index in [4.69, 9.17) is 0 Å². The summed E-state index contributed by atoms with van der Waals surface area (Å²) in [6.07, 6.45) is 0.796. The van der Waals surface area contributed by atoms with E-state index < -0.39 is 0 Å². The molecule has 0 fully saturated rings. The van der Waals surface area contributed by atoms with Crippen molar-refractivity contribution in [3.05, 3.63) is 46.9 Å². The topological polar surface area (TPSA) is 33.2 Å². The molecule has 1 aromatic heterocycles. The highest BCUT2D eigenvalue weighted by Gasteiger charge is 2.07. The van der Waals surface area contributed by atoms with E-state index in [9.17, 15) is 4.79 Å². The molecule has 5 heteroatoms. The average Bonchev–Trinajstić information content (AvgIpc) is 2.89. The van der Waals surface area contributed by atoms with E-state index >= 15 is 0 Å². The fraction of sp³-hybridized carbons (Fsp3) is 0.0667. The van der Waals surface area contributed by atoms with Crippen molar-refractivity contribution >= 4 is 49.6 Å². The van der Waals surface area contributed by atoms with Crippen LogP contribution in [-0.4, -0.2) is 18.4 Å². The molecule has 3 rings (SSSR count). The summed E-state index contributed by atoms with van der Waals surface area (Å²) in [7, 11) is 1.73. The first kappa shape index (κ1) is 13.3. The number of hydrogen-bond donors (Lipinski definition) is 0. The van der Waals surface area contributed by atoms with Crippen molar-refractivity contribution in [3.63, 3.8) is 0 Å². The minimum atomic E-state index is 0.796. The van der Waals surface area contributed by atoms with Crippen LogP contribution in [0.25, 0.3) is 20.8 Å². The van der Waals surface area contributed by atoms with Crippen LogP contribution in [-0.2, 0) is 4.79 Å². The highest BCUT2D eigenvalue weighted by molar-refractivity contribution is 9.10. The van der Waals surface area contributed by atoms with E-state index in [0.717, 1.165) is 37.4 Å². The molecular formula is C15H11BrN2OS. The van der Waals surface area contributed by atoms with E-state index in [2.05, 4.69) is 27.0 Å². The second-order valence-corrected chi connectivity index (χ2v) is 6.34. The lowest BCUT2D eigenvalue weighted by Crippen LogP contribution is -2.13. The Morgan fingerprint density at radius 2 is 1.95 bits per heavy atom. The molecule has 0 spiro atoms. The summed E-state index contributed by atoms with van der Waals surface area (Å²) < 4.78 is 2.21. The summed E-state index contributed by atoms with van der Waals surface area (Å²) in [4.78, 5) is 16.9. The van der Waals surface area contributed by atoms with Gasteiger partial charge in [0.05, 0.1) is 10.2 Å². The van der Waals surface area contributed by atoms with Crippen molar-refractivity contribution in [1.29, 1.82) is 0 Å². The average molecular weight is 346 g/mol. The molecule has 0 aliphatic heterocycles. The SMILES string of the molecule is [11CH3]N(C=O)c1ccc(-c2nc3ccc(Br)cc3s2)cc1. The molecule has 1 heterocycles. The number of aromatic nitrogens is 1. The van der Waals surface area contributed by atoms with E-state index in [1.807, 2.05) is 36.4 Å². The van der Waals surface area contributed by atoms with Gasteiger partial charge in [-0.05, 0) is 42.5 Å². The molecular weight excluding hydrogens is 335 g/mol. The fourth-order valence-corrected chi connectivity index (χ4v) is 3.44. The number of halogens is 1. The number of amides is 1. The molecule has 20 heavy (non-hydrogen) atoms. The van der Waals surface area contributed by atoms with E-state index in [0.29, 0.717) is 0 Å². The summed E-state index contributed by atoms with van der Waals surface area (Å²) in [5.74, 6) is 0. The normalized spacial score (nSPS) is 10.7. The van der Waals surface area contributed by atoms with Gasteiger partial charge in [-0.1, -0.05) is 15.9 Å². The van der Waals surface area contributed by atoms with Crippen molar-refractivity contribution in [2.75, 3.05) is 11.9 Å². The Bertz CT molecular complexity index is 767. The zero-order valence-corrected chi connectivity index (χ0v) is 13.1. The van der Waals surface area contributed by atoms with Crippen molar-refractivity contribution in [2.45, 2.75) is 0 Å². The summed E-state index contributed by atoms with van der Waals surface area (Å²) >= 11 is 5.13. The molecule has 2 aromatic carbocycles. The number of thiazole rings is 1. The Morgan fingerprint density at radius 1 is 1.20 bits per heavy atom. The molecule has 0 aliphatic rings. The van der Waals surface area contributed by atoms with Gasteiger partial charge < -0.3 is 4.90 Å². The predicted octanol–water partition coefficient (Wildman–Crippen LogP) is 4.32. The summed E-state index contributed by atoms with van der Waals surface area (Å²) in [6.45, 7) is 0. The van der Waals surface area contributed by atoms with Gasteiger partial charge >= 0.3 is 0 Å². The first-order chi connectivity index (χ1) is 9.67. The maximum Gasteiger partial charge on any atom is 0.213 e. The van der Waals surface area contributed by atoms with Crippen molar-refractivity contribution < 1.29 is 4.79 Å². The van der Waals surface area contributed by atoms with Gasteiger partial charge in [0.15, 0.2) is 0 Å². The Kier molecular flexibility index (Phi) is 3.54. The second-order valence-electron chi connectivity index (χ2n) is 4.39. The smallest absolute Gasteiger partial charge is 0.213 e. The molecule has 0 bridgehead atoms. The number of hydrogen-bond acceptors (Lipinski definition) is 3. The van der Waals surface area contributed by atoms with Crippen LogP contribution in [0.2, 0.25) is 0 Å². The summed E-state index contributed by atoms with van der Waals surface area (Å²) in [5.41, 5.74) is 2.93. The Balaban J connectivity index is 2.00. The van der Waals surface area contributed by atoms with Gasteiger partial charge in [0, 0.05) is 22.8 Å². The first-order valence-corrected chi connectivity index (χ1v) is 7.63. The van der Waals surface area contributed by atoms with Gasteiger partial charge in [0.1, 0.15) is 5.01 Å². The Labute approximate surface area is 129 Å². The van der Waals surface area contributed by atoms with Crippen LogP contribution in [0.5, 0.6) is 0 Å². The van der Waals surface area contributed by atoms with Crippen LogP contribution in [0.1, 0.15) is 0 Å². The van der Waals surface area contributed by atoms with Crippen molar-refractivity contribution in [2.24, 2.45) is 0 Å². The number of rotatable bonds is 3. The maximum absolute atomic E-state index is 10.7. The van der Waals surface area contributed by atoms with Gasteiger partial charge in [-0.3, -0.25) is 4.79 Å². The zero-order chi connectivity index (χ0) is 14.1. The first-order valence-electron chi connectivity index (χ1n) is 6.02. The molecule has 0 atom stereocenters. The number of benzene rings is 2. The standard InChI is InChI=1S/C15H11BrN2OS/c1-18(9-19)12-5-2-10(3-6-12)15-17-13-7-4-11(16)8-14(13)20-15/h2-9H,1H3/i1-1. The van der Waals surface area contributed by atoms with Crippen LogP contribution in [0.15, 0.2) is 46.9 Å². The third-order valence-corrected chi connectivity index (χ3v) is 4.59. The molecule has 0 unspecified atom stereocenters. The fourth-order valence-electron chi connectivity index (χ4n) is 1.92. The van der Waals surface area contributed by atoms with Gasteiger partial charge in [0.25, 0.3) is 0 Å². The molecule has 0 aliphatic carbocycles. The molecule has 100 valence electrons. The molecule has 0 saturated heterocycles. The lowest BCUT2D eigenvalue weighted by atomic mass is 10.2. The molecule has 3 aromatic rings. The van der Waals surface area contributed by atoms with Crippen molar-refractivity contribution in [1.82, 2.24) is 4.98 Å². The number of carbonyl (C=O) groups is 1. The largest absolute Gasteiger partial charge is 0.318 e. The number of anilines is 1. The van der Waals surface area contributed by atoms with E-state index in [-0.39, 0.29) is 0 Å². The van der Waals surface area contributed by atoms with Gasteiger partial charge in [-0.15, -0.1) is 11.3 Å². The van der Waals surface area contributed by atoms with Crippen LogP contribution in [0.3, 0.4) is 0 Å². The molecule has 0 radical (unpaired) electrons. The second kappa shape index (κ2) is 5.34. The quantitative estimate of drug-likeness (QED) is 0.662. The number of fused-ring (bicyclic) bond motifs is 1. The highest BCUT2D eigenvalue weighted by Crippen LogP contribution is 2.32. The minimum Gasteiger partial charge on any atom is -0.318 e. The third-order valence-electron chi connectivity index (χ3n) is 3.03. The van der Waals surface area contributed by atoms with Crippen LogP contribution < -0.4 is 4.90 Å². The van der Waals surface area contributed by atoms with Crippen molar-refractivity contribution in [3.8, 4) is 10.6 Å². The monoisotopic (exact) mass is 345 g/mol. The maximum atomic E-state index is 10.7. The van der Waals surface area contributed by atoms with Crippen LogP contribution in [0, 0.1) is 0 Å². The third kappa shape index (κ3) is 2.46. The lowest BCUT2D eigenvalue weighted by molar-refractivity contribution is -0.107. The highest BCUT2D eigenvalue weighted by atomic mass is 79.9. The van der Waals surface area contributed by atoms with E-state index in [1.54, 1.807) is 23.3 Å².